The number of hydrogen-bond acceptors (Lipinski definition) is 6. The highest BCUT2D eigenvalue weighted by atomic mass is 16.6. The number of nitrogens with zero attached hydrogens (tertiary/aromatic N) is 5. The van der Waals surface area contributed by atoms with Crippen molar-refractivity contribution in [3.63, 3.8) is 0 Å². The molecule has 120 valence electrons. The molecule has 0 saturated heterocycles. The molecule has 0 amide bonds. The summed E-state index contributed by atoms with van der Waals surface area (Å²) >= 11 is 0. The van der Waals surface area contributed by atoms with Gasteiger partial charge in [0.1, 0.15) is 18.1 Å². The lowest BCUT2D eigenvalue weighted by Gasteiger charge is -2.09. The summed E-state index contributed by atoms with van der Waals surface area (Å²) in [7, 11) is 1.54. The Kier molecular flexibility index (Phi) is 4.87. The van der Waals surface area contributed by atoms with Gasteiger partial charge in [-0.15, -0.1) is 5.10 Å². The van der Waals surface area contributed by atoms with Crippen LogP contribution in [0.3, 0.4) is 0 Å². The predicted octanol–water partition coefficient (Wildman–Crippen LogP) is 0.455. The van der Waals surface area contributed by atoms with Crippen LogP contribution in [0.25, 0.3) is 0 Å². The van der Waals surface area contributed by atoms with Gasteiger partial charge in [0.05, 0.1) is 24.8 Å². The zero-order valence-electron chi connectivity index (χ0n) is 12.3. The number of nitro groups is 1. The Hall–Kier alpha value is -3.43. The molecule has 0 atom stereocenters. The third-order valence-electron chi connectivity index (χ3n) is 2.85. The molecule has 0 fully saturated rings. The summed E-state index contributed by atoms with van der Waals surface area (Å²) in [6.45, 7) is 0.307. The fourth-order valence-corrected chi connectivity index (χ4v) is 1.87. The van der Waals surface area contributed by atoms with Crippen LogP contribution in [-0.4, -0.2) is 34.0 Å². The summed E-state index contributed by atoms with van der Waals surface area (Å²) in [6, 6.07) is 5.34. The Bertz CT molecular complexity index is 763. The molecule has 1 aromatic carbocycles. The van der Waals surface area contributed by atoms with Crippen molar-refractivity contribution in [2.75, 3.05) is 7.11 Å². The maximum Gasteiger partial charge on any atom is 0.307 e. The zero-order chi connectivity index (χ0) is 16.8. The number of ether oxygens (including phenoxy) is 1. The Morgan fingerprint density at radius 1 is 1.52 bits per heavy atom. The number of aromatic nitrogens is 2. The van der Waals surface area contributed by atoms with Gasteiger partial charge < -0.3 is 16.2 Å². The summed E-state index contributed by atoms with van der Waals surface area (Å²) < 4.78 is 6.73. The third-order valence-corrected chi connectivity index (χ3v) is 2.85. The van der Waals surface area contributed by atoms with Crippen molar-refractivity contribution in [2.45, 2.75) is 6.54 Å². The molecular weight excluding hydrogens is 302 g/mol. The average molecular weight is 317 g/mol. The number of rotatable bonds is 6. The number of guanidine groups is 1. The quantitative estimate of drug-likeness (QED) is 0.342. The van der Waals surface area contributed by atoms with Crippen LogP contribution in [0.5, 0.6) is 5.75 Å². The topological polar surface area (TPSA) is 147 Å². The smallest absolute Gasteiger partial charge is 0.307 e. The molecule has 10 nitrogen and oxygen atoms in total. The maximum absolute atomic E-state index is 10.7. The van der Waals surface area contributed by atoms with E-state index in [1.165, 1.54) is 30.4 Å². The lowest BCUT2D eigenvalue weighted by molar-refractivity contribution is -0.385. The molecule has 0 saturated carbocycles. The molecule has 0 aliphatic heterocycles. The summed E-state index contributed by atoms with van der Waals surface area (Å²) in [5.41, 5.74) is 11.8. The van der Waals surface area contributed by atoms with Crippen LogP contribution < -0.4 is 16.2 Å². The second kappa shape index (κ2) is 7.02. The summed E-state index contributed by atoms with van der Waals surface area (Å²) in [6.07, 6.45) is 4.02. The first-order valence-corrected chi connectivity index (χ1v) is 6.45. The van der Waals surface area contributed by atoms with Gasteiger partial charge >= 0.3 is 5.69 Å². The van der Waals surface area contributed by atoms with E-state index in [0.717, 1.165) is 11.1 Å². The Morgan fingerprint density at radius 2 is 2.30 bits per heavy atom. The van der Waals surface area contributed by atoms with Crippen molar-refractivity contribution in [1.29, 1.82) is 0 Å². The van der Waals surface area contributed by atoms with Gasteiger partial charge in [-0.1, -0.05) is 0 Å². The van der Waals surface area contributed by atoms with Gasteiger partial charge in [0.25, 0.3) is 0 Å². The predicted molar refractivity (Wildman–Crippen MR) is 84.4 cm³/mol. The fourth-order valence-electron chi connectivity index (χ4n) is 1.87. The molecule has 0 aliphatic rings. The molecule has 2 aromatic rings. The van der Waals surface area contributed by atoms with Gasteiger partial charge in [-0.3, -0.25) is 14.8 Å². The van der Waals surface area contributed by atoms with Crippen LogP contribution in [-0.2, 0) is 6.54 Å². The summed E-state index contributed by atoms with van der Waals surface area (Å²) in [5, 5.41) is 21.9. The van der Waals surface area contributed by atoms with E-state index < -0.39 is 4.92 Å². The second-order valence-corrected chi connectivity index (χ2v) is 4.49. The molecule has 0 radical (unpaired) electrons. The van der Waals surface area contributed by atoms with E-state index >= 15 is 0 Å². The molecule has 4 N–H and O–H groups in total. The van der Waals surface area contributed by atoms with E-state index in [4.69, 9.17) is 16.2 Å². The summed E-state index contributed by atoms with van der Waals surface area (Å²) in [5.74, 6) is 0.487. The molecule has 1 heterocycles. The lowest BCUT2D eigenvalue weighted by atomic mass is 10.1. The lowest BCUT2D eigenvalue weighted by Crippen LogP contribution is -2.21. The molecule has 2 rings (SSSR count). The van der Waals surface area contributed by atoms with Gasteiger partial charge in [0.15, 0.2) is 0 Å². The molecule has 0 bridgehead atoms. The minimum atomic E-state index is -0.501. The van der Waals surface area contributed by atoms with Crippen LogP contribution in [0, 0.1) is 10.1 Å². The maximum atomic E-state index is 10.7. The minimum Gasteiger partial charge on any atom is -0.496 e. The molecule has 0 unspecified atom stereocenters. The van der Waals surface area contributed by atoms with E-state index in [9.17, 15) is 10.1 Å². The van der Waals surface area contributed by atoms with E-state index in [1.807, 2.05) is 0 Å². The first-order chi connectivity index (χ1) is 11.0. The van der Waals surface area contributed by atoms with Crippen molar-refractivity contribution < 1.29 is 9.66 Å². The normalized spacial score (nSPS) is 10.7. The van der Waals surface area contributed by atoms with Gasteiger partial charge in [-0.2, -0.15) is 10.2 Å². The van der Waals surface area contributed by atoms with Gasteiger partial charge in [0, 0.05) is 5.56 Å². The van der Waals surface area contributed by atoms with Crippen LogP contribution in [0.4, 0.5) is 5.69 Å². The van der Waals surface area contributed by atoms with E-state index in [2.05, 4.69) is 15.3 Å². The number of methoxy groups -OCH3 is 1. The van der Waals surface area contributed by atoms with Gasteiger partial charge in [-0.05, 0) is 23.8 Å². The van der Waals surface area contributed by atoms with Gasteiger partial charge in [0.2, 0.25) is 5.96 Å². The first kappa shape index (κ1) is 15.9. The monoisotopic (exact) mass is 317 g/mol. The SMILES string of the molecule is COc1ccc(C=NN=C(N)N)cc1Cn1cc([N+](=O)[O-])cn1. The van der Waals surface area contributed by atoms with Crippen LogP contribution in [0.2, 0.25) is 0 Å². The van der Waals surface area contributed by atoms with Crippen molar-refractivity contribution in [3.05, 3.63) is 51.8 Å². The number of nitrogens with two attached hydrogens (primary N) is 2. The molecule has 10 heteroatoms. The Morgan fingerprint density at radius 3 is 2.91 bits per heavy atom. The standard InChI is InChI=1S/C13H15N7O3/c1-23-12-3-2-9(5-16-18-13(14)15)4-10(12)7-19-8-11(6-17-19)20(21)22/h2-6,8H,7H2,1H3,(H4,14,15,18). The second-order valence-electron chi connectivity index (χ2n) is 4.49. The minimum absolute atomic E-state index is 0.0746. The third kappa shape index (κ3) is 4.27. The number of hydrogen-bond donors (Lipinski definition) is 2. The highest BCUT2D eigenvalue weighted by molar-refractivity contribution is 5.82. The van der Waals surface area contributed by atoms with Crippen molar-refractivity contribution in [2.24, 2.45) is 21.7 Å². The van der Waals surface area contributed by atoms with E-state index in [-0.39, 0.29) is 11.6 Å². The molecule has 0 spiro atoms. The van der Waals surface area contributed by atoms with E-state index in [0.29, 0.717) is 12.3 Å². The molecular formula is C13H15N7O3. The van der Waals surface area contributed by atoms with E-state index in [1.54, 1.807) is 18.2 Å². The van der Waals surface area contributed by atoms with Crippen LogP contribution in [0.1, 0.15) is 11.1 Å². The molecule has 23 heavy (non-hydrogen) atoms. The summed E-state index contributed by atoms with van der Waals surface area (Å²) in [4.78, 5) is 10.2. The molecule has 0 aliphatic carbocycles. The zero-order valence-corrected chi connectivity index (χ0v) is 12.3. The largest absolute Gasteiger partial charge is 0.496 e. The van der Waals surface area contributed by atoms with Crippen LogP contribution >= 0.6 is 0 Å². The molecule has 1 aromatic heterocycles. The fraction of sp³-hybridized carbons (Fsp3) is 0.154. The Balaban J connectivity index is 2.26. The highest BCUT2D eigenvalue weighted by Gasteiger charge is 2.11. The van der Waals surface area contributed by atoms with Crippen LogP contribution in [0.15, 0.2) is 40.8 Å². The van der Waals surface area contributed by atoms with Gasteiger partial charge in [-0.25, -0.2) is 0 Å². The van der Waals surface area contributed by atoms with Crippen molar-refractivity contribution in [3.8, 4) is 5.75 Å². The Labute approximate surface area is 131 Å². The highest BCUT2D eigenvalue weighted by Crippen LogP contribution is 2.21. The average Bonchev–Trinajstić information content (AvgIpc) is 2.96. The number of benzene rings is 1. The first-order valence-electron chi connectivity index (χ1n) is 6.45. The van der Waals surface area contributed by atoms with Crippen molar-refractivity contribution >= 4 is 17.9 Å². The van der Waals surface area contributed by atoms with Crippen molar-refractivity contribution in [1.82, 2.24) is 9.78 Å².